The molecule has 0 radical (unpaired) electrons. The van der Waals surface area contributed by atoms with Gasteiger partial charge in [0.05, 0.1) is 0 Å². The van der Waals surface area contributed by atoms with Crippen LogP contribution >= 0.6 is 15.2 Å². The highest BCUT2D eigenvalue weighted by Crippen LogP contribution is 2.80. The van der Waals surface area contributed by atoms with E-state index in [2.05, 4.69) is 20.8 Å². The number of allylic oxidation sites excluding steroid dienone is 4. The normalized spacial score (nSPS) is 21.9. The van der Waals surface area contributed by atoms with Crippen LogP contribution in [0, 0.1) is 0 Å². The lowest BCUT2D eigenvalue weighted by Gasteiger charge is -2.45. The predicted octanol–water partition coefficient (Wildman–Crippen LogP) is 6.60. The number of fused-ring (bicyclic) bond motifs is 3. The average Bonchev–Trinajstić information content (AvgIpc) is 2.68. The Hall–Kier alpha value is -1.94. The van der Waals surface area contributed by atoms with E-state index in [1.807, 2.05) is 45.0 Å². The molecule has 0 bridgehead atoms. The van der Waals surface area contributed by atoms with Gasteiger partial charge in [-0.3, -0.25) is 4.57 Å². The van der Waals surface area contributed by atoms with Gasteiger partial charge < -0.3 is 19.2 Å². The molecule has 182 valence electrons. The molecule has 2 aromatic carbocycles. The summed E-state index contributed by atoms with van der Waals surface area (Å²) >= 11 is 0. The summed E-state index contributed by atoms with van der Waals surface area (Å²) in [5, 5.41) is 0. The van der Waals surface area contributed by atoms with Crippen molar-refractivity contribution in [3.8, 4) is 5.75 Å². The number of hydrogen-bond acceptors (Lipinski definition) is 3. The predicted molar refractivity (Wildman–Crippen MR) is 136 cm³/mol. The van der Waals surface area contributed by atoms with Crippen molar-refractivity contribution in [2.24, 2.45) is 0 Å². The van der Waals surface area contributed by atoms with Crippen LogP contribution in [0.15, 0.2) is 54.6 Å². The minimum Gasteiger partial charge on any atom is -0.423 e. The maximum Gasteiger partial charge on any atom is 0.399 e. The first-order valence-corrected chi connectivity index (χ1v) is 14.4. The van der Waals surface area contributed by atoms with Crippen LogP contribution in [-0.4, -0.2) is 19.6 Å². The van der Waals surface area contributed by atoms with Crippen LogP contribution in [0.3, 0.4) is 0 Å². The van der Waals surface area contributed by atoms with Crippen molar-refractivity contribution in [2.75, 3.05) is 0 Å². The summed E-state index contributed by atoms with van der Waals surface area (Å²) < 4.78 is 32.9. The molecular weight excluding hydrogens is 470 g/mol. The van der Waals surface area contributed by atoms with Crippen molar-refractivity contribution in [1.29, 1.82) is 0 Å². The fourth-order valence-electron chi connectivity index (χ4n) is 4.76. The van der Waals surface area contributed by atoms with E-state index in [4.69, 9.17) is 4.52 Å². The van der Waals surface area contributed by atoms with Gasteiger partial charge in [-0.15, -0.1) is 0 Å². The Morgan fingerprint density at radius 2 is 1.50 bits per heavy atom. The number of hydrogen-bond donors (Lipinski definition) is 3. The van der Waals surface area contributed by atoms with E-state index in [0.29, 0.717) is 16.7 Å². The molecule has 0 saturated heterocycles. The molecule has 0 fully saturated rings. The molecule has 2 aliphatic rings. The Bertz CT molecular complexity index is 1320. The van der Waals surface area contributed by atoms with E-state index in [9.17, 15) is 23.8 Å². The molecule has 2 aliphatic carbocycles. The Kier molecular flexibility index (Phi) is 5.76. The first-order chi connectivity index (χ1) is 15.5. The lowest BCUT2D eigenvalue weighted by atomic mass is 9.75. The smallest absolute Gasteiger partial charge is 0.399 e. The van der Waals surface area contributed by atoms with Crippen molar-refractivity contribution in [2.45, 2.75) is 63.7 Å². The number of benzene rings is 2. The molecule has 0 aromatic heterocycles. The zero-order valence-electron chi connectivity index (χ0n) is 20.4. The molecule has 3 N–H and O–H groups in total. The molecule has 0 spiro atoms. The molecule has 2 atom stereocenters. The minimum atomic E-state index is -5.17. The molecular formula is C26H32O6P2. The Morgan fingerprint density at radius 3 is 2.06 bits per heavy atom. The summed E-state index contributed by atoms with van der Waals surface area (Å²) in [6.45, 7) is 12.1. The van der Waals surface area contributed by atoms with Crippen LogP contribution in [0.1, 0.15) is 70.2 Å². The Labute approximate surface area is 201 Å². The van der Waals surface area contributed by atoms with Crippen molar-refractivity contribution < 1.29 is 28.3 Å². The molecule has 34 heavy (non-hydrogen) atoms. The molecule has 2 unspecified atom stereocenters. The zero-order valence-corrected chi connectivity index (χ0v) is 22.2. The molecule has 6 nitrogen and oxygen atoms in total. The van der Waals surface area contributed by atoms with Gasteiger partial charge in [-0.1, -0.05) is 90.1 Å². The molecule has 2 aromatic rings. The number of rotatable bonds is 4. The van der Waals surface area contributed by atoms with E-state index in [-0.39, 0.29) is 23.2 Å². The monoisotopic (exact) mass is 502 g/mol. The second kappa shape index (κ2) is 7.78. The summed E-state index contributed by atoms with van der Waals surface area (Å²) in [6, 6.07) is 12.5. The first-order valence-electron chi connectivity index (χ1n) is 11.2. The van der Waals surface area contributed by atoms with Crippen molar-refractivity contribution >= 4 is 26.3 Å². The lowest BCUT2D eigenvalue weighted by Crippen LogP contribution is -2.37. The SMILES string of the molecule is CC(C)(C)c1ccc(OP(=O)(O)C2(P(=O)(O)O)CC=CC3=C2c2ccccc23)c(C(C)(C)C)c1. The molecule has 0 saturated carbocycles. The first kappa shape index (κ1) is 25.2. The third-order valence-corrected chi connectivity index (χ3v) is 11.4. The van der Waals surface area contributed by atoms with Gasteiger partial charge in [0.25, 0.3) is 0 Å². The van der Waals surface area contributed by atoms with Crippen LogP contribution < -0.4 is 4.52 Å². The molecule has 0 amide bonds. The maximum atomic E-state index is 14.0. The summed E-state index contributed by atoms with van der Waals surface area (Å²) in [5.74, 6) is 0.156. The van der Waals surface area contributed by atoms with E-state index in [1.165, 1.54) is 0 Å². The minimum absolute atomic E-state index is 0.155. The third-order valence-electron chi connectivity index (χ3n) is 6.67. The second-order valence-corrected chi connectivity index (χ2v) is 15.3. The highest BCUT2D eigenvalue weighted by molar-refractivity contribution is 7.74. The van der Waals surface area contributed by atoms with Crippen LogP contribution in [0.5, 0.6) is 5.75 Å². The van der Waals surface area contributed by atoms with E-state index in [0.717, 1.165) is 11.1 Å². The van der Waals surface area contributed by atoms with Gasteiger partial charge in [-0.2, -0.15) is 0 Å². The highest BCUT2D eigenvalue weighted by atomic mass is 31.2. The van der Waals surface area contributed by atoms with Gasteiger partial charge >= 0.3 is 15.2 Å². The second-order valence-electron chi connectivity index (χ2n) is 11.1. The van der Waals surface area contributed by atoms with Gasteiger partial charge in [0.2, 0.25) is 4.90 Å². The standard InChI is InChI=1S/C26H32O6P2/c1-24(2,3)17-13-14-22(21(16-17)25(4,5)6)32-34(30,31)26(33(27,28)29)15-9-12-20-18-10-7-8-11-19(18)23(20)26/h7-14,16H,15H2,1-6H3,(H,30,31)(H2,27,28,29). The summed E-state index contributed by atoms with van der Waals surface area (Å²) in [7, 11) is -10.1. The topological polar surface area (TPSA) is 104 Å². The fourth-order valence-corrected chi connectivity index (χ4v) is 8.51. The molecule has 0 aliphatic heterocycles. The van der Waals surface area contributed by atoms with E-state index in [1.54, 1.807) is 30.4 Å². The third kappa shape index (κ3) is 3.77. The summed E-state index contributed by atoms with van der Waals surface area (Å²) in [5.41, 5.74) is 3.28. The average molecular weight is 502 g/mol. The largest absolute Gasteiger partial charge is 0.423 e. The van der Waals surface area contributed by atoms with E-state index < -0.39 is 25.5 Å². The molecule has 4 rings (SSSR count). The van der Waals surface area contributed by atoms with Gasteiger partial charge in [-0.25, -0.2) is 4.57 Å². The van der Waals surface area contributed by atoms with Gasteiger partial charge in [0.1, 0.15) is 5.75 Å². The van der Waals surface area contributed by atoms with Gasteiger partial charge in [0, 0.05) is 5.56 Å². The van der Waals surface area contributed by atoms with Crippen LogP contribution in [0.2, 0.25) is 0 Å². The molecule has 0 heterocycles. The van der Waals surface area contributed by atoms with Crippen LogP contribution in [-0.2, 0) is 20.0 Å². The zero-order chi connectivity index (χ0) is 25.3. The Balaban J connectivity index is 1.89. The quantitative estimate of drug-likeness (QED) is 0.407. The van der Waals surface area contributed by atoms with Crippen LogP contribution in [0.4, 0.5) is 0 Å². The maximum absolute atomic E-state index is 14.0. The summed E-state index contributed by atoms with van der Waals surface area (Å²) in [4.78, 5) is 30.2. The lowest BCUT2D eigenvalue weighted by molar-refractivity contribution is 0.326. The highest BCUT2D eigenvalue weighted by Gasteiger charge is 2.67. The summed E-state index contributed by atoms with van der Waals surface area (Å²) in [6.07, 6.45) is 3.00. The van der Waals surface area contributed by atoms with Crippen LogP contribution in [0.25, 0.3) is 11.1 Å². The van der Waals surface area contributed by atoms with Gasteiger partial charge in [0.15, 0.2) is 0 Å². The fraction of sp³-hybridized carbons (Fsp3) is 0.385. The van der Waals surface area contributed by atoms with Crippen molar-refractivity contribution in [1.82, 2.24) is 0 Å². The van der Waals surface area contributed by atoms with Crippen molar-refractivity contribution in [3.63, 3.8) is 0 Å². The van der Waals surface area contributed by atoms with Gasteiger partial charge in [-0.05, 0) is 51.2 Å². The molecule has 8 heteroatoms. The van der Waals surface area contributed by atoms with Crippen molar-refractivity contribution in [3.05, 3.63) is 76.9 Å². The Morgan fingerprint density at radius 1 is 0.882 bits per heavy atom. The van der Waals surface area contributed by atoms with E-state index >= 15 is 0 Å².